The molecular formula is C17H16ClN5O3. The molecule has 0 saturated heterocycles. The average Bonchev–Trinajstić information content (AvgIpc) is 3.15. The van der Waals surface area contributed by atoms with E-state index in [1.807, 2.05) is 0 Å². The van der Waals surface area contributed by atoms with Gasteiger partial charge in [-0.15, -0.1) is 5.10 Å². The van der Waals surface area contributed by atoms with Crippen molar-refractivity contribution in [3.05, 3.63) is 64.1 Å². The average molecular weight is 374 g/mol. The van der Waals surface area contributed by atoms with Gasteiger partial charge in [-0.1, -0.05) is 11.6 Å². The maximum atomic E-state index is 12.2. The van der Waals surface area contributed by atoms with Crippen LogP contribution in [0.5, 0.6) is 0 Å². The van der Waals surface area contributed by atoms with Gasteiger partial charge >= 0.3 is 5.91 Å². The summed E-state index contributed by atoms with van der Waals surface area (Å²) in [6.07, 6.45) is 0. The Hall–Kier alpha value is -3.13. The van der Waals surface area contributed by atoms with E-state index in [1.165, 1.54) is 4.68 Å². The zero-order valence-electron chi connectivity index (χ0n) is 14.3. The van der Waals surface area contributed by atoms with Gasteiger partial charge in [0.2, 0.25) is 5.82 Å². The number of carbonyl (C=O) groups excluding carboxylic acids is 2. The third kappa shape index (κ3) is 3.60. The number of aromatic nitrogens is 3. The Morgan fingerprint density at radius 1 is 1.08 bits per heavy atom. The van der Waals surface area contributed by atoms with E-state index >= 15 is 0 Å². The highest BCUT2D eigenvalue weighted by Crippen LogP contribution is 2.15. The molecular weight excluding hydrogens is 358 g/mol. The van der Waals surface area contributed by atoms with E-state index in [-0.39, 0.29) is 5.82 Å². The van der Waals surface area contributed by atoms with E-state index < -0.39 is 11.8 Å². The number of nitrogens with zero attached hydrogens (tertiary/aromatic N) is 3. The molecule has 2 N–H and O–H groups in total. The first kappa shape index (κ1) is 17.7. The minimum atomic E-state index is -0.632. The largest absolute Gasteiger partial charge is 0.466 e. The van der Waals surface area contributed by atoms with Crippen molar-refractivity contribution in [3.8, 4) is 5.69 Å². The molecule has 3 rings (SSSR count). The summed E-state index contributed by atoms with van der Waals surface area (Å²) < 4.78 is 6.80. The molecule has 0 spiro atoms. The number of hydrogen-bond acceptors (Lipinski definition) is 5. The molecule has 3 aromatic rings. The van der Waals surface area contributed by atoms with Crippen molar-refractivity contribution in [3.63, 3.8) is 0 Å². The maximum Gasteiger partial charge on any atom is 0.309 e. The minimum absolute atomic E-state index is 0.0714. The first-order valence-corrected chi connectivity index (χ1v) is 8.10. The quantitative estimate of drug-likeness (QED) is 0.687. The normalized spacial score (nSPS) is 10.6. The second-order valence-corrected chi connectivity index (χ2v) is 6.04. The molecule has 0 aliphatic carbocycles. The van der Waals surface area contributed by atoms with Crippen molar-refractivity contribution < 1.29 is 14.0 Å². The highest BCUT2D eigenvalue weighted by Gasteiger charge is 2.18. The molecule has 9 heteroatoms. The number of nitrogens with one attached hydrogen (secondary N) is 2. The Bertz CT molecular complexity index is 975. The molecule has 0 aliphatic rings. The predicted molar refractivity (Wildman–Crippen MR) is 94.2 cm³/mol. The van der Waals surface area contributed by atoms with Crippen LogP contribution in [0.4, 0.5) is 0 Å². The van der Waals surface area contributed by atoms with Crippen molar-refractivity contribution in [2.24, 2.45) is 0 Å². The predicted octanol–water partition coefficient (Wildman–Crippen LogP) is 2.51. The number of hydrazine groups is 1. The van der Waals surface area contributed by atoms with Crippen molar-refractivity contribution in [1.29, 1.82) is 0 Å². The van der Waals surface area contributed by atoms with E-state index in [0.29, 0.717) is 33.6 Å². The Labute approximate surface area is 154 Å². The van der Waals surface area contributed by atoms with E-state index in [0.717, 1.165) is 0 Å². The second-order valence-electron chi connectivity index (χ2n) is 5.61. The maximum absolute atomic E-state index is 12.2. The lowest BCUT2D eigenvalue weighted by molar-refractivity contribution is 0.0840. The minimum Gasteiger partial charge on any atom is -0.466 e. The van der Waals surface area contributed by atoms with E-state index in [1.54, 1.807) is 51.1 Å². The zero-order chi connectivity index (χ0) is 18.8. The van der Waals surface area contributed by atoms with Crippen LogP contribution >= 0.6 is 11.6 Å². The summed E-state index contributed by atoms with van der Waals surface area (Å²) in [5, 5.41) is 4.76. The Morgan fingerprint density at radius 2 is 1.73 bits per heavy atom. The topological polar surface area (TPSA) is 102 Å². The van der Waals surface area contributed by atoms with E-state index in [2.05, 4.69) is 20.9 Å². The van der Waals surface area contributed by atoms with Crippen molar-refractivity contribution in [1.82, 2.24) is 25.6 Å². The third-order valence-electron chi connectivity index (χ3n) is 3.62. The number of amides is 2. The summed E-state index contributed by atoms with van der Waals surface area (Å²) in [7, 11) is 0. The lowest BCUT2D eigenvalue weighted by Crippen LogP contribution is -2.42. The SMILES string of the molecule is Cc1cc(C(=O)NNC(=O)c2nc(C)n(-c3ccc(Cl)cc3)n2)c(C)o1. The molecule has 0 fully saturated rings. The summed E-state index contributed by atoms with van der Waals surface area (Å²) in [6, 6.07) is 8.55. The van der Waals surface area contributed by atoms with Crippen LogP contribution in [-0.4, -0.2) is 26.6 Å². The smallest absolute Gasteiger partial charge is 0.309 e. The number of furan rings is 1. The van der Waals surface area contributed by atoms with Gasteiger partial charge < -0.3 is 4.42 Å². The van der Waals surface area contributed by atoms with E-state index in [9.17, 15) is 9.59 Å². The highest BCUT2D eigenvalue weighted by atomic mass is 35.5. The van der Waals surface area contributed by atoms with Crippen LogP contribution in [-0.2, 0) is 0 Å². The number of halogens is 1. The lowest BCUT2D eigenvalue weighted by atomic mass is 10.2. The molecule has 0 aliphatic heterocycles. The second kappa shape index (κ2) is 7.01. The van der Waals surface area contributed by atoms with Gasteiger partial charge in [0.15, 0.2) is 0 Å². The molecule has 0 bridgehead atoms. The molecule has 0 radical (unpaired) electrons. The number of aryl methyl sites for hydroxylation is 3. The molecule has 2 aromatic heterocycles. The molecule has 1 aromatic carbocycles. The zero-order valence-corrected chi connectivity index (χ0v) is 15.1. The number of carbonyl (C=O) groups is 2. The van der Waals surface area contributed by atoms with Gasteiger partial charge in [-0.2, -0.15) is 0 Å². The van der Waals surface area contributed by atoms with Gasteiger partial charge in [-0.25, -0.2) is 9.67 Å². The van der Waals surface area contributed by atoms with Crippen LogP contribution in [0.15, 0.2) is 34.7 Å². The molecule has 0 saturated carbocycles. The summed E-state index contributed by atoms with van der Waals surface area (Å²) in [6.45, 7) is 5.12. The Kier molecular flexibility index (Phi) is 4.77. The molecule has 0 atom stereocenters. The fraction of sp³-hybridized carbons (Fsp3) is 0.176. The van der Waals surface area contributed by atoms with Gasteiger partial charge in [0, 0.05) is 5.02 Å². The number of benzene rings is 1. The van der Waals surface area contributed by atoms with Gasteiger partial charge in [-0.3, -0.25) is 20.4 Å². The van der Waals surface area contributed by atoms with Crippen molar-refractivity contribution >= 4 is 23.4 Å². The molecule has 2 heterocycles. The fourth-order valence-electron chi connectivity index (χ4n) is 2.41. The van der Waals surface area contributed by atoms with Gasteiger partial charge in [0.25, 0.3) is 5.91 Å². The number of hydrogen-bond donors (Lipinski definition) is 2. The summed E-state index contributed by atoms with van der Waals surface area (Å²) in [4.78, 5) is 28.4. The van der Waals surface area contributed by atoms with Gasteiger partial charge in [0.1, 0.15) is 17.3 Å². The van der Waals surface area contributed by atoms with Gasteiger partial charge in [0.05, 0.1) is 11.3 Å². The molecule has 2 amide bonds. The van der Waals surface area contributed by atoms with Crippen LogP contribution < -0.4 is 10.9 Å². The third-order valence-corrected chi connectivity index (χ3v) is 3.87. The molecule has 26 heavy (non-hydrogen) atoms. The molecule has 8 nitrogen and oxygen atoms in total. The summed E-state index contributed by atoms with van der Waals surface area (Å²) in [5.74, 6) is 0.407. The van der Waals surface area contributed by atoms with Crippen molar-refractivity contribution in [2.75, 3.05) is 0 Å². The van der Waals surface area contributed by atoms with Crippen molar-refractivity contribution in [2.45, 2.75) is 20.8 Å². The van der Waals surface area contributed by atoms with E-state index in [4.69, 9.17) is 16.0 Å². The van der Waals surface area contributed by atoms with Crippen LogP contribution in [0, 0.1) is 20.8 Å². The summed E-state index contributed by atoms with van der Waals surface area (Å²) >= 11 is 5.87. The van der Waals surface area contributed by atoms with Crippen LogP contribution in [0.3, 0.4) is 0 Å². The van der Waals surface area contributed by atoms with Crippen LogP contribution in [0.2, 0.25) is 5.02 Å². The number of rotatable bonds is 3. The summed E-state index contributed by atoms with van der Waals surface area (Å²) in [5.41, 5.74) is 5.68. The van der Waals surface area contributed by atoms with Crippen LogP contribution in [0.1, 0.15) is 38.3 Å². The Morgan fingerprint density at radius 3 is 2.35 bits per heavy atom. The first-order valence-electron chi connectivity index (χ1n) is 7.72. The standard InChI is InChI=1S/C17H16ClN5O3/c1-9-8-14(10(2)26-9)16(24)20-21-17(25)15-19-11(3)23(22-15)13-6-4-12(18)5-7-13/h4-8H,1-3H3,(H,20,24)(H,21,25). The monoisotopic (exact) mass is 373 g/mol. The Balaban J connectivity index is 1.70. The van der Waals surface area contributed by atoms with Crippen LogP contribution in [0.25, 0.3) is 5.69 Å². The highest BCUT2D eigenvalue weighted by molar-refractivity contribution is 6.30. The van der Waals surface area contributed by atoms with Gasteiger partial charge in [-0.05, 0) is 51.1 Å². The molecule has 134 valence electrons. The first-order chi connectivity index (χ1) is 12.3. The molecule has 0 unspecified atom stereocenters. The fourth-order valence-corrected chi connectivity index (χ4v) is 2.53. The lowest BCUT2D eigenvalue weighted by Gasteiger charge is -2.04.